The van der Waals surface area contributed by atoms with Gasteiger partial charge >= 0.3 is 0 Å². The summed E-state index contributed by atoms with van der Waals surface area (Å²) in [6.45, 7) is 0.955. The number of benzene rings is 2. The molecule has 1 aliphatic heterocycles. The van der Waals surface area contributed by atoms with E-state index < -0.39 is 0 Å². The van der Waals surface area contributed by atoms with Crippen molar-refractivity contribution in [2.45, 2.75) is 13.0 Å². The lowest BCUT2D eigenvalue weighted by atomic mass is 10.0. The van der Waals surface area contributed by atoms with E-state index in [1.165, 1.54) is 12.1 Å². The average molecular weight is 433 g/mol. The predicted molar refractivity (Wildman–Crippen MR) is 113 cm³/mol. The third-order valence-electron chi connectivity index (χ3n) is 5.58. The van der Waals surface area contributed by atoms with Gasteiger partial charge in [0.15, 0.2) is 5.69 Å². The van der Waals surface area contributed by atoms with Gasteiger partial charge in [-0.1, -0.05) is 17.3 Å². The van der Waals surface area contributed by atoms with Gasteiger partial charge in [-0.3, -0.25) is 9.48 Å². The summed E-state index contributed by atoms with van der Waals surface area (Å²) in [6.07, 6.45) is 0.658. The number of fused-ring (bicyclic) bond motifs is 1. The van der Waals surface area contributed by atoms with Gasteiger partial charge in [0.25, 0.3) is 11.8 Å². The van der Waals surface area contributed by atoms with Crippen LogP contribution in [-0.4, -0.2) is 44.4 Å². The minimum absolute atomic E-state index is 0.0703. The molecule has 1 amide bonds. The summed E-state index contributed by atoms with van der Waals surface area (Å²) in [4.78, 5) is 19.3. The Hall–Kier alpha value is -4.01. The number of ether oxygens (including phenoxy) is 1. The quantitative estimate of drug-likeness (QED) is 0.490. The molecule has 5 rings (SSSR count). The molecule has 0 saturated carbocycles. The van der Waals surface area contributed by atoms with Crippen LogP contribution in [0.25, 0.3) is 23.0 Å². The van der Waals surface area contributed by atoms with E-state index in [-0.39, 0.29) is 23.4 Å². The van der Waals surface area contributed by atoms with Crippen LogP contribution < -0.4 is 4.74 Å². The number of aromatic nitrogens is 4. The van der Waals surface area contributed by atoms with E-state index in [2.05, 4.69) is 15.2 Å². The van der Waals surface area contributed by atoms with Crippen LogP contribution >= 0.6 is 0 Å². The molecule has 162 valence electrons. The second-order valence-electron chi connectivity index (χ2n) is 7.54. The third kappa shape index (κ3) is 3.51. The summed E-state index contributed by atoms with van der Waals surface area (Å²) in [5.41, 5.74) is 3.52. The first kappa shape index (κ1) is 19.9. The fraction of sp³-hybridized carbons (Fsp3) is 0.217. The molecule has 9 heteroatoms. The maximum atomic E-state index is 13.6. The Morgan fingerprint density at radius 2 is 2.00 bits per heavy atom. The maximum absolute atomic E-state index is 13.6. The van der Waals surface area contributed by atoms with Crippen molar-refractivity contribution in [2.75, 3.05) is 13.7 Å². The number of hydrogen-bond donors (Lipinski definition) is 0. The highest BCUT2D eigenvalue weighted by Gasteiger charge is 2.30. The second kappa shape index (κ2) is 7.92. The summed E-state index contributed by atoms with van der Waals surface area (Å²) in [6, 6.07) is 13.0. The first-order valence-electron chi connectivity index (χ1n) is 10.1. The van der Waals surface area contributed by atoms with Crippen LogP contribution in [-0.2, 0) is 20.0 Å². The molecule has 32 heavy (non-hydrogen) atoms. The smallest absolute Gasteiger partial charge is 0.279 e. The molecule has 1 aliphatic rings. The van der Waals surface area contributed by atoms with Gasteiger partial charge < -0.3 is 14.2 Å². The molecule has 0 saturated heterocycles. The van der Waals surface area contributed by atoms with Gasteiger partial charge in [0.2, 0.25) is 5.82 Å². The number of methoxy groups -OCH3 is 1. The summed E-state index contributed by atoms with van der Waals surface area (Å²) >= 11 is 0. The van der Waals surface area contributed by atoms with Crippen LogP contribution in [0.4, 0.5) is 4.39 Å². The molecule has 0 unspecified atom stereocenters. The largest absolute Gasteiger partial charge is 0.497 e. The molecule has 2 aromatic carbocycles. The van der Waals surface area contributed by atoms with Crippen molar-refractivity contribution in [3.63, 3.8) is 0 Å². The van der Waals surface area contributed by atoms with Crippen LogP contribution in [0.15, 0.2) is 53.1 Å². The molecule has 8 nitrogen and oxygen atoms in total. The van der Waals surface area contributed by atoms with Crippen molar-refractivity contribution >= 4 is 5.91 Å². The van der Waals surface area contributed by atoms with Crippen LogP contribution in [0.5, 0.6) is 5.75 Å². The van der Waals surface area contributed by atoms with Crippen molar-refractivity contribution in [1.29, 1.82) is 0 Å². The summed E-state index contributed by atoms with van der Waals surface area (Å²) in [5, 5.41) is 8.55. The molecule has 0 N–H and O–H groups in total. The van der Waals surface area contributed by atoms with Crippen molar-refractivity contribution in [3.05, 3.63) is 71.2 Å². The van der Waals surface area contributed by atoms with Crippen molar-refractivity contribution in [3.8, 4) is 28.7 Å². The van der Waals surface area contributed by atoms with Gasteiger partial charge in [-0.2, -0.15) is 10.1 Å². The minimum Gasteiger partial charge on any atom is -0.497 e. The Balaban J connectivity index is 1.44. The molecule has 0 radical (unpaired) electrons. The van der Waals surface area contributed by atoms with E-state index in [0.717, 1.165) is 11.3 Å². The molecule has 0 atom stereocenters. The zero-order chi connectivity index (χ0) is 22.2. The minimum atomic E-state index is -0.378. The molecule has 0 fully saturated rings. The number of hydrogen-bond acceptors (Lipinski definition) is 6. The lowest BCUT2D eigenvalue weighted by molar-refractivity contribution is 0.0733. The van der Waals surface area contributed by atoms with Crippen LogP contribution in [0.1, 0.15) is 21.6 Å². The maximum Gasteiger partial charge on any atom is 0.279 e. The van der Waals surface area contributed by atoms with Gasteiger partial charge in [0, 0.05) is 42.4 Å². The highest BCUT2D eigenvalue weighted by Crippen LogP contribution is 2.31. The van der Waals surface area contributed by atoms with E-state index >= 15 is 0 Å². The number of amides is 1. The lowest BCUT2D eigenvalue weighted by Crippen LogP contribution is -2.36. The van der Waals surface area contributed by atoms with Gasteiger partial charge in [-0.05, 0) is 36.4 Å². The normalized spacial score (nSPS) is 13.2. The summed E-state index contributed by atoms with van der Waals surface area (Å²) in [7, 11) is 3.44. The molecule has 0 spiro atoms. The molecule has 0 bridgehead atoms. The van der Waals surface area contributed by atoms with E-state index in [0.29, 0.717) is 42.1 Å². The first-order valence-corrected chi connectivity index (χ1v) is 10.1. The average Bonchev–Trinajstić information content (AvgIpc) is 3.43. The predicted octanol–water partition coefficient (Wildman–Crippen LogP) is 3.48. The SMILES string of the molecule is COc1ccc(C(=O)N2CCc3c(c(-c4nc(-c5cccc(F)c5)no4)nn3C)C2)cc1. The van der Waals surface area contributed by atoms with Crippen LogP contribution in [0, 0.1) is 5.82 Å². The Labute approximate surface area is 183 Å². The summed E-state index contributed by atoms with van der Waals surface area (Å²) < 4.78 is 26.0. The number of carbonyl (C=O) groups is 1. The fourth-order valence-corrected chi connectivity index (χ4v) is 3.92. The summed E-state index contributed by atoms with van der Waals surface area (Å²) in [5.74, 6) is 0.763. The van der Waals surface area contributed by atoms with Crippen LogP contribution in [0.2, 0.25) is 0 Å². The van der Waals surface area contributed by atoms with Gasteiger partial charge in [0.05, 0.1) is 13.7 Å². The lowest BCUT2D eigenvalue weighted by Gasteiger charge is -2.27. The third-order valence-corrected chi connectivity index (χ3v) is 5.58. The standard InChI is InChI=1S/C23H20FN5O3/c1-28-19-10-11-29(23(30)14-6-8-17(31-2)9-7-14)13-18(19)20(26-28)22-25-21(27-32-22)15-4-3-5-16(24)12-15/h3-9,12H,10-11,13H2,1-2H3. The second-order valence-corrected chi connectivity index (χ2v) is 7.54. The zero-order valence-corrected chi connectivity index (χ0v) is 17.6. The Morgan fingerprint density at radius 3 is 2.75 bits per heavy atom. The number of rotatable bonds is 4. The van der Waals surface area contributed by atoms with E-state index in [1.54, 1.807) is 53.1 Å². The van der Waals surface area contributed by atoms with E-state index in [9.17, 15) is 9.18 Å². The number of halogens is 1. The Morgan fingerprint density at radius 1 is 1.19 bits per heavy atom. The van der Waals surface area contributed by atoms with Crippen molar-refractivity contribution in [2.24, 2.45) is 7.05 Å². The highest BCUT2D eigenvalue weighted by atomic mass is 19.1. The zero-order valence-electron chi connectivity index (χ0n) is 17.6. The van der Waals surface area contributed by atoms with E-state index in [1.807, 2.05) is 7.05 Å². The number of nitrogens with zero attached hydrogens (tertiary/aromatic N) is 5. The van der Waals surface area contributed by atoms with Gasteiger partial charge in [-0.15, -0.1) is 0 Å². The molecular formula is C23H20FN5O3. The van der Waals surface area contributed by atoms with Crippen LogP contribution in [0.3, 0.4) is 0 Å². The van der Waals surface area contributed by atoms with Gasteiger partial charge in [-0.25, -0.2) is 4.39 Å². The first-order chi connectivity index (χ1) is 15.5. The Bertz CT molecular complexity index is 1300. The molecular weight excluding hydrogens is 413 g/mol. The Kier molecular flexibility index (Phi) is 4.93. The molecule has 0 aliphatic carbocycles. The molecule has 2 aromatic heterocycles. The fourth-order valence-electron chi connectivity index (χ4n) is 3.92. The molecule has 4 aromatic rings. The van der Waals surface area contributed by atoms with Crippen molar-refractivity contribution in [1.82, 2.24) is 24.8 Å². The van der Waals surface area contributed by atoms with Gasteiger partial charge in [0.1, 0.15) is 11.6 Å². The number of aryl methyl sites for hydroxylation is 1. The van der Waals surface area contributed by atoms with Crippen molar-refractivity contribution < 1.29 is 18.4 Å². The number of carbonyl (C=O) groups excluding carboxylic acids is 1. The molecule has 3 heterocycles. The highest BCUT2D eigenvalue weighted by molar-refractivity contribution is 5.94. The van der Waals surface area contributed by atoms with E-state index in [4.69, 9.17) is 9.26 Å². The topological polar surface area (TPSA) is 86.3 Å². The monoisotopic (exact) mass is 433 g/mol.